The Balaban J connectivity index is 1.67. The van der Waals surface area contributed by atoms with Gasteiger partial charge in [-0.3, -0.25) is 4.79 Å². The number of hydrogen-bond donors (Lipinski definition) is 1. The van der Waals surface area contributed by atoms with E-state index < -0.39 is 0 Å². The van der Waals surface area contributed by atoms with Crippen LogP contribution in [0.1, 0.15) is 44.2 Å². The van der Waals surface area contributed by atoms with Gasteiger partial charge < -0.3 is 15.0 Å². The number of benzene rings is 1. The van der Waals surface area contributed by atoms with Crippen LogP contribution >= 0.6 is 0 Å². The summed E-state index contributed by atoms with van der Waals surface area (Å²) >= 11 is 0. The van der Waals surface area contributed by atoms with Crippen LogP contribution in [0.15, 0.2) is 30.3 Å². The van der Waals surface area contributed by atoms with Gasteiger partial charge in [-0.25, -0.2) is 0 Å². The first-order chi connectivity index (χ1) is 11.2. The van der Waals surface area contributed by atoms with Crippen molar-refractivity contribution in [3.05, 3.63) is 35.9 Å². The lowest BCUT2D eigenvalue weighted by atomic mass is 9.84. The third-order valence-corrected chi connectivity index (χ3v) is 5.17. The lowest BCUT2D eigenvalue weighted by Crippen LogP contribution is -2.46. The fraction of sp³-hybridized carbons (Fsp3) is 0.632. The number of morpholine rings is 1. The van der Waals surface area contributed by atoms with Crippen molar-refractivity contribution < 1.29 is 9.53 Å². The summed E-state index contributed by atoms with van der Waals surface area (Å²) < 4.78 is 5.49. The van der Waals surface area contributed by atoms with Crippen LogP contribution in [0.25, 0.3) is 0 Å². The first-order valence-electron chi connectivity index (χ1n) is 8.89. The Morgan fingerprint density at radius 3 is 2.74 bits per heavy atom. The average Bonchev–Trinajstić information content (AvgIpc) is 2.55. The Morgan fingerprint density at radius 2 is 2.13 bits per heavy atom. The summed E-state index contributed by atoms with van der Waals surface area (Å²) in [6, 6.07) is 10.7. The number of rotatable bonds is 6. The van der Waals surface area contributed by atoms with Crippen molar-refractivity contribution in [2.45, 2.75) is 44.7 Å². The van der Waals surface area contributed by atoms with Gasteiger partial charge in [0.15, 0.2) is 0 Å². The van der Waals surface area contributed by atoms with E-state index in [-0.39, 0.29) is 18.0 Å². The zero-order valence-corrected chi connectivity index (χ0v) is 14.0. The van der Waals surface area contributed by atoms with Crippen molar-refractivity contribution in [3.63, 3.8) is 0 Å². The summed E-state index contributed by atoms with van der Waals surface area (Å²) in [5.74, 6) is 0.928. The first kappa shape index (κ1) is 16.5. The van der Waals surface area contributed by atoms with Crippen molar-refractivity contribution in [2.24, 2.45) is 5.92 Å². The van der Waals surface area contributed by atoms with E-state index in [1.54, 1.807) is 0 Å². The molecule has 2 aliphatic rings. The molecule has 2 fully saturated rings. The van der Waals surface area contributed by atoms with Crippen molar-refractivity contribution in [2.75, 3.05) is 26.3 Å². The second-order valence-electron chi connectivity index (χ2n) is 6.86. The van der Waals surface area contributed by atoms with E-state index in [1.807, 2.05) is 18.2 Å². The maximum Gasteiger partial charge on any atom is 0.224 e. The van der Waals surface area contributed by atoms with E-state index in [0.29, 0.717) is 18.9 Å². The summed E-state index contributed by atoms with van der Waals surface area (Å²) in [5, 5.41) is 3.39. The second kappa shape index (κ2) is 7.93. The molecule has 0 radical (unpaired) electrons. The van der Waals surface area contributed by atoms with Crippen LogP contribution in [0.4, 0.5) is 0 Å². The molecule has 2 atom stereocenters. The van der Waals surface area contributed by atoms with Crippen LogP contribution in [-0.4, -0.2) is 43.2 Å². The van der Waals surface area contributed by atoms with Gasteiger partial charge in [0.25, 0.3) is 0 Å². The molecule has 1 aromatic carbocycles. The molecule has 1 aromatic rings. The van der Waals surface area contributed by atoms with Crippen LogP contribution in [0.3, 0.4) is 0 Å². The summed E-state index contributed by atoms with van der Waals surface area (Å²) in [5.41, 5.74) is 1.22. The van der Waals surface area contributed by atoms with Crippen molar-refractivity contribution in [3.8, 4) is 0 Å². The third kappa shape index (κ3) is 4.33. The van der Waals surface area contributed by atoms with Gasteiger partial charge in [-0.05, 0) is 31.2 Å². The molecule has 126 valence electrons. The maximum absolute atomic E-state index is 12.9. The minimum atomic E-state index is 0.133. The van der Waals surface area contributed by atoms with E-state index in [9.17, 15) is 4.79 Å². The molecule has 4 nitrogen and oxygen atoms in total. The predicted octanol–water partition coefficient (Wildman–Crippen LogP) is 2.75. The topological polar surface area (TPSA) is 41.6 Å². The number of amides is 1. The summed E-state index contributed by atoms with van der Waals surface area (Å²) in [6.07, 6.45) is 4.36. The lowest BCUT2D eigenvalue weighted by Gasteiger charge is -2.37. The van der Waals surface area contributed by atoms with Gasteiger partial charge in [-0.2, -0.15) is 0 Å². The Morgan fingerprint density at radius 1 is 1.35 bits per heavy atom. The van der Waals surface area contributed by atoms with Crippen LogP contribution in [0.5, 0.6) is 0 Å². The maximum atomic E-state index is 12.9. The SMILES string of the molecule is CC(c1ccccc1)N(CC1CCC1)C(=O)CC1COCCN1. The number of nitrogens with one attached hydrogen (secondary N) is 1. The third-order valence-electron chi connectivity index (χ3n) is 5.17. The van der Waals surface area contributed by atoms with Gasteiger partial charge in [-0.15, -0.1) is 0 Å². The van der Waals surface area contributed by atoms with Gasteiger partial charge >= 0.3 is 0 Å². The molecule has 1 saturated heterocycles. The van der Waals surface area contributed by atoms with E-state index >= 15 is 0 Å². The molecule has 1 heterocycles. The molecule has 1 aliphatic heterocycles. The Kier molecular flexibility index (Phi) is 5.68. The van der Waals surface area contributed by atoms with Crippen molar-refractivity contribution in [1.29, 1.82) is 0 Å². The highest BCUT2D eigenvalue weighted by atomic mass is 16.5. The fourth-order valence-corrected chi connectivity index (χ4v) is 3.42. The van der Waals surface area contributed by atoms with Crippen LogP contribution < -0.4 is 5.32 Å². The molecule has 23 heavy (non-hydrogen) atoms. The summed E-state index contributed by atoms with van der Waals surface area (Å²) in [7, 11) is 0. The molecule has 4 heteroatoms. The summed E-state index contributed by atoms with van der Waals surface area (Å²) in [4.78, 5) is 15.0. The van der Waals surface area contributed by atoms with E-state index in [1.165, 1.54) is 24.8 Å². The van der Waals surface area contributed by atoms with Crippen molar-refractivity contribution >= 4 is 5.91 Å². The fourth-order valence-electron chi connectivity index (χ4n) is 3.42. The normalized spacial score (nSPS) is 23.1. The van der Waals surface area contributed by atoms with Crippen LogP contribution in [0.2, 0.25) is 0 Å². The highest BCUT2D eigenvalue weighted by Gasteiger charge is 2.29. The number of carbonyl (C=O) groups excluding carboxylic acids is 1. The van der Waals surface area contributed by atoms with Crippen molar-refractivity contribution in [1.82, 2.24) is 10.2 Å². The van der Waals surface area contributed by atoms with Crippen LogP contribution in [-0.2, 0) is 9.53 Å². The number of carbonyl (C=O) groups is 1. The van der Waals surface area contributed by atoms with E-state index in [2.05, 4.69) is 29.3 Å². The van der Waals surface area contributed by atoms with Gasteiger partial charge in [0, 0.05) is 25.6 Å². The lowest BCUT2D eigenvalue weighted by molar-refractivity contribution is -0.135. The first-order valence-corrected chi connectivity index (χ1v) is 8.89. The molecule has 1 saturated carbocycles. The number of nitrogens with zero attached hydrogens (tertiary/aromatic N) is 1. The molecular weight excluding hydrogens is 288 g/mol. The average molecular weight is 316 g/mol. The summed E-state index contributed by atoms with van der Waals surface area (Å²) in [6.45, 7) is 5.27. The van der Waals surface area contributed by atoms with Gasteiger partial charge in [0.1, 0.15) is 0 Å². The quantitative estimate of drug-likeness (QED) is 0.877. The highest BCUT2D eigenvalue weighted by Crippen LogP contribution is 2.31. The zero-order chi connectivity index (χ0) is 16.1. The predicted molar refractivity (Wildman–Crippen MR) is 91.1 cm³/mol. The molecule has 0 bridgehead atoms. The molecule has 1 aliphatic carbocycles. The van der Waals surface area contributed by atoms with E-state index in [4.69, 9.17) is 4.74 Å². The van der Waals surface area contributed by atoms with Gasteiger partial charge in [-0.1, -0.05) is 36.8 Å². The van der Waals surface area contributed by atoms with Gasteiger partial charge in [0.2, 0.25) is 5.91 Å². The number of hydrogen-bond acceptors (Lipinski definition) is 3. The molecule has 1 N–H and O–H groups in total. The standard InChI is InChI=1S/C19H28N2O2/c1-15(17-8-3-2-4-9-17)21(13-16-6-5-7-16)19(22)12-18-14-23-11-10-20-18/h2-4,8-9,15-16,18,20H,5-7,10-14H2,1H3. The van der Waals surface area contributed by atoms with Crippen LogP contribution in [0, 0.1) is 5.92 Å². The second-order valence-corrected chi connectivity index (χ2v) is 6.86. The molecule has 2 unspecified atom stereocenters. The largest absolute Gasteiger partial charge is 0.378 e. The molecule has 1 amide bonds. The molecule has 0 spiro atoms. The molecule has 0 aromatic heterocycles. The monoisotopic (exact) mass is 316 g/mol. The molecular formula is C19H28N2O2. The van der Waals surface area contributed by atoms with E-state index in [0.717, 1.165) is 19.7 Å². The Hall–Kier alpha value is -1.39. The smallest absolute Gasteiger partial charge is 0.224 e. The molecule has 3 rings (SSSR count). The van der Waals surface area contributed by atoms with Gasteiger partial charge in [0.05, 0.1) is 19.3 Å². The number of ether oxygens (including phenoxy) is 1. The minimum absolute atomic E-state index is 0.133. The zero-order valence-electron chi connectivity index (χ0n) is 14.0. The highest BCUT2D eigenvalue weighted by molar-refractivity contribution is 5.77. The Bertz CT molecular complexity index is 495. The minimum Gasteiger partial charge on any atom is -0.378 e. The Labute approximate surface area is 139 Å².